The minimum atomic E-state index is -1.26. The van der Waals surface area contributed by atoms with Gasteiger partial charge in [0.1, 0.15) is 6.61 Å². The molecule has 0 amide bonds. The van der Waals surface area contributed by atoms with Gasteiger partial charge in [-0.3, -0.25) is 0 Å². The summed E-state index contributed by atoms with van der Waals surface area (Å²) in [6.45, 7) is 0.263. The monoisotopic (exact) mass is 204 g/mol. The Bertz CT molecular complexity index is 231. The van der Waals surface area contributed by atoms with E-state index in [0.717, 1.165) is 0 Å². The van der Waals surface area contributed by atoms with E-state index in [1.807, 2.05) is 0 Å². The topological polar surface area (TPSA) is 110 Å². The molecule has 0 unspecified atom stereocenters. The molecule has 1 heterocycles. The third-order valence-corrected chi connectivity index (χ3v) is 0.892. The molecule has 1 fully saturated rings. The second-order valence-electron chi connectivity index (χ2n) is 1.99. The maximum Gasteiger partial charge on any atom is 0.334 e. The van der Waals surface area contributed by atoms with Gasteiger partial charge in [0.05, 0.1) is 0 Å². The lowest BCUT2D eigenvalue weighted by molar-refractivity contribution is -0.137. The van der Waals surface area contributed by atoms with Gasteiger partial charge in [-0.15, -0.1) is 0 Å². The first-order valence-corrected chi connectivity index (χ1v) is 3.39. The number of hydrogen-bond donors (Lipinski definition) is 2. The fourth-order valence-electron chi connectivity index (χ4n) is 0.417. The van der Waals surface area contributed by atoms with Crippen LogP contribution in [0.2, 0.25) is 0 Å². The van der Waals surface area contributed by atoms with E-state index in [1.54, 1.807) is 0 Å². The first-order chi connectivity index (χ1) is 6.52. The van der Waals surface area contributed by atoms with E-state index >= 15 is 0 Å². The molecule has 0 aromatic rings. The quantitative estimate of drug-likeness (QED) is 0.448. The van der Waals surface area contributed by atoms with Gasteiger partial charge >= 0.3 is 17.9 Å². The largest absolute Gasteiger partial charge is 0.478 e. The van der Waals surface area contributed by atoms with E-state index in [0.29, 0.717) is 12.2 Å². The van der Waals surface area contributed by atoms with Crippen LogP contribution in [0.15, 0.2) is 12.2 Å². The van der Waals surface area contributed by atoms with Crippen molar-refractivity contribution in [3.63, 3.8) is 0 Å². The van der Waals surface area contributed by atoms with E-state index < -0.39 is 11.9 Å². The second-order valence-corrected chi connectivity index (χ2v) is 1.99. The van der Waals surface area contributed by atoms with Crippen molar-refractivity contribution in [2.75, 3.05) is 13.4 Å². The summed E-state index contributed by atoms with van der Waals surface area (Å²) in [7, 11) is 0. The van der Waals surface area contributed by atoms with Gasteiger partial charge in [-0.05, 0) is 0 Å². The summed E-state index contributed by atoms with van der Waals surface area (Å²) in [5.41, 5.74) is 0. The zero-order valence-electron chi connectivity index (χ0n) is 7.00. The number of hydrogen-bond acceptors (Lipinski definition) is 5. The maximum absolute atomic E-state index is 9.90. The van der Waals surface area contributed by atoms with Gasteiger partial charge in [0.15, 0.2) is 6.79 Å². The number of ether oxygens (including phenoxy) is 2. The molecule has 1 aliphatic rings. The van der Waals surface area contributed by atoms with Crippen LogP contribution in [-0.4, -0.2) is 41.5 Å². The number of cyclic esters (lactones) is 1. The van der Waals surface area contributed by atoms with E-state index in [9.17, 15) is 14.4 Å². The Morgan fingerprint density at radius 1 is 1.21 bits per heavy atom. The predicted octanol–water partition coefficient (Wildman–Crippen LogP) is -0.771. The average molecular weight is 204 g/mol. The Morgan fingerprint density at radius 2 is 1.71 bits per heavy atom. The molecule has 1 rings (SSSR count). The molecular weight excluding hydrogens is 196 g/mol. The molecule has 7 nitrogen and oxygen atoms in total. The molecule has 0 spiro atoms. The van der Waals surface area contributed by atoms with Crippen LogP contribution < -0.4 is 0 Å². The lowest BCUT2D eigenvalue weighted by Gasteiger charge is -1.78. The van der Waals surface area contributed by atoms with Gasteiger partial charge < -0.3 is 19.7 Å². The Morgan fingerprint density at radius 3 is 1.86 bits per heavy atom. The lowest BCUT2D eigenvalue weighted by Crippen LogP contribution is -1.94. The molecule has 78 valence electrons. The van der Waals surface area contributed by atoms with Crippen molar-refractivity contribution < 1.29 is 34.1 Å². The third-order valence-electron chi connectivity index (χ3n) is 0.892. The van der Waals surface area contributed by atoms with Crippen LogP contribution in [-0.2, 0) is 23.9 Å². The van der Waals surface area contributed by atoms with E-state index in [2.05, 4.69) is 9.47 Å². The zero-order valence-corrected chi connectivity index (χ0v) is 7.00. The Balaban J connectivity index is 0.000000249. The van der Waals surface area contributed by atoms with Crippen LogP contribution in [0.1, 0.15) is 0 Å². The fraction of sp³-hybridized carbons (Fsp3) is 0.286. The van der Waals surface area contributed by atoms with Crippen molar-refractivity contribution in [3.8, 4) is 0 Å². The molecule has 1 aliphatic heterocycles. The molecule has 2 N–H and O–H groups in total. The molecule has 7 heteroatoms. The molecule has 14 heavy (non-hydrogen) atoms. The van der Waals surface area contributed by atoms with Crippen molar-refractivity contribution in [3.05, 3.63) is 12.2 Å². The molecule has 1 saturated heterocycles. The summed E-state index contributed by atoms with van der Waals surface area (Å²) in [6.07, 6.45) is 1.12. The highest BCUT2D eigenvalue weighted by atomic mass is 16.7. The molecule has 0 saturated carbocycles. The molecular formula is C7H8O7. The van der Waals surface area contributed by atoms with Gasteiger partial charge in [0, 0.05) is 12.2 Å². The molecule has 0 radical (unpaired) electrons. The summed E-state index contributed by atoms with van der Waals surface area (Å²) < 4.78 is 8.78. The third kappa shape index (κ3) is 8.21. The van der Waals surface area contributed by atoms with Crippen LogP contribution in [0.5, 0.6) is 0 Å². The predicted molar refractivity (Wildman–Crippen MR) is 41.3 cm³/mol. The molecule has 0 bridgehead atoms. The first-order valence-electron chi connectivity index (χ1n) is 3.39. The number of aliphatic carboxylic acids is 2. The summed E-state index contributed by atoms with van der Waals surface area (Å²) >= 11 is 0. The number of carbonyl (C=O) groups is 3. The van der Waals surface area contributed by atoms with Crippen LogP contribution in [0, 0.1) is 0 Å². The van der Waals surface area contributed by atoms with E-state index in [-0.39, 0.29) is 19.4 Å². The van der Waals surface area contributed by atoms with Crippen molar-refractivity contribution in [2.45, 2.75) is 0 Å². The number of rotatable bonds is 2. The Hall–Kier alpha value is -1.89. The molecule has 0 atom stereocenters. The summed E-state index contributed by atoms with van der Waals surface area (Å²) in [5.74, 6) is -2.78. The molecule has 0 aliphatic carbocycles. The fourth-order valence-corrected chi connectivity index (χ4v) is 0.417. The Labute approximate surface area is 78.5 Å². The average Bonchev–Trinajstić information content (AvgIpc) is 2.53. The first kappa shape index (κ1) is 12.1. The maximum atomic E-state index is 9.90. The molecule has 0 aromatic heterocycles. The van der Waals surface area contributed by atoms with Crippen molar-refractivity contribution in [1.82, 2.24) is 0 Å². The van der Waals surface area contributed by atoms with Crippen molar-refractivity contribution in [2.24, 2.45) is 0 Å². The van der Waals surface area contributed by atoms with Crippen molar-refractivity contribution >= 4 is 17.9 Å². The summed E-state index contributed by atoms with van der Waals surface area (Å²) in [6, 6.07) is 0. The van der Waals surface area contributed by atoms with Gasteiger partial charge in [0.25, 0.3) is 0 Å². The van der Waals surface area contributed by atoms with Crippen LogP contribution in [0.4, 0.5) is 0 Å². The highest BCUT2D eigenvalue weighted by molar-refractivity contribution is 5.89. The number of carboxylic acid groups (broad SMARTS) is 2. The second kappa shape index (κ2) is 6.61. The summed E-state index contributed by atoms with van der Waals surface area (Å²) in [5, 5.41) is 15.6. The number of esters is 1. The van der Waals surface area contributed by atoms with E-state index in [4.69, 9.17) is 10.2 Å². The minimum Gasteiger partial charge on any atom is -0.478 e. The lowest BCUT2D eigenvalue weighted by atomic mass is 10.5. The van der Waals surface area contributed by atoms with Gasteiger partial charge in [-0.1, -0.05) is 0 Å². The normalized spacial score (nSPS) is 14.4. The smallest absolute Gasteiger partial charge is 0.334 e. The van der Waals surface area contributed by atoms with Crippen molar-refractivity contribution in [1.29, 1.82) is 0 Å². The van der Waals surface area contributed by atoms with E-state index in [1.165, 1.54) is 0 Å². The van der Waals surface area contributed by atoms with Crippen LogP contribution in [0.25, 0.3) is 0 Å². The molecule has 0 aromatic carbocycles. The van der Waals surface area contributed by atoms with Crippen LogP contribution in [0.3, 0.4) is 0 Å². The highest BCUT2D eigenvalue weighted by Gasteiger charge is 2.08. The standard InChI is InChI=1S/C4H4O4.C3H4O3/c5-3(6)1-2-4(7)8;4-3-1-5-2-6-3/h1-2H,(H,5,6)(H,7,8);1-2H2. The number of carboxylic acids is 2. The van der Waals surface area contributed by atoms with Crippen LogP contribution >= 0.6 is 0 Å². The minimum absolute atomic E-state index is 0.125. The highest BCUT2D eigenvalue weighted by Crippen LogP contribution is 1.89. The van der Waals surface area contributed by atoms with Gasteiger partial charge in [-0.2, -0.15) is 0 Å². The van der Waals surface area contributed by atoms with Gasteiger partial charge in [0.2, 0.25) is 0 Å². The van der Waals surface area contributed by atoms with Gasteiger partial charge in [-0.25, -0.2) is 14.4 Å². The summed E-state index contributed by atoms with van der Waals surface area (Å²) in [4.78, 5) is 29.0. The zero-order chi connectivity index (χ0) is 11.0. The number of carbonyl (C=O) groups excluding carboxylic acids is 1. The Kier molecular flexibility index (Phi) is 5.72. The SMILES string of the molecule is O=C(O)C=CC(=O)O.O=C1COCO1.